The molecule has 5 heteroatoms. The predicted octanol–water partition coefficient (Wildman–Crippen LogP) is 0.001000. The molecule has 0 aromatic carbocycles. The van der Waals surface area contributed by atoms with Crippen LogP contribution >= 0.6 is 0 Å². The first-order valence-corrected chi connectivity index (χ1v) is 5.35. The summed E-state index contributed by atoms with van der Waals surface area (Å²) in [6.07, 6.45) is 5.94. The third-order valence-corrected chi connectivity index (χ3v) is 3.31. The average molecular weight is 205 g/mol. The molecule has 5 nitrogen and oxygen atoms in total. The van der Waals surface area contributed by atoms with Crippen molar-refractivity contribution in [3.8, 4) is 0 Å². The van der Waals surface area contributed by atoms with Gasteiger partial charge in [-0.1, -0.05) is 0 Å². The highest BCUT2D eigenvalue weighted by atomic mass is 15.3. The summed E-state index contributed by atoms with van der Waals surface area (Å²) in [6, 6.07) is 0. The Morgan fingerprint density at radius 1 is 1.33 bits per heavy atom. The Morgan fingerprint density at radius 3 is 2.87 bits per heavy atom. The molecule has 80 valence electrons. The summed E-state index contributed by atoms with van der Waals surface area (Å²) in [5.41, 5.74) is 8.02. The predicted molar refractivity (Wildman–Crippen MR) is 58.6 cm³/mol. The molecule has 0 amide bonds. The number of rotatable bonds is 1. The second kappa shape index (κ2) is 3.06. The van der Waals surface area contributed by atoms with Gasteiger partial charge in [0.1, 0.15) is 0 Å². The van der Waals surface area contributed by atoms with Gasteiger partial charge in [0.05, 0.1) is 23.8 Å². The molecule has 15 heavy (non-hydrogen) atoms. The van der Waals surface area contributed by atoms with Gasteiger partial charge in [-0.05, 0) is 12.8 Å². The molecule has 2 aliphatic rings. The summed E-state index contributed by atoms with van der Waals surface area (Å²) in [5, 5.41) is 11.2. The highest BCUT2D eigenvalue weighted by molar-refractivity contribution is 5.65. The normalized spacial score (nSPS) is 23.1. The summed E-state index contributed by atoms with van der Waals surface area (Å²) < 4.78 is 0. The standard InChI is InChI=1S/C10H15N5/c11-8-5-13-14-6-9(8)15-4-3-12-10(7-15)1-2-10/h5-6,12H,1-4,7H2,(H2,11,14). The average Bonchev–Trinajstić information content (AvgIpc) is 2.98. The second-order valence-electron chi connectivity index (χ2n) is 4.46. The fourth-order valence-electron chi connectivity index (χ4n) is 2.24. The number of nitrogens with one attached hydrogen (secondary N) is 1. The van der Waals surface area contributed by atoms with Crippen LogP contribution in [0.15, 0.2) is 12.4 Å². The van der Waals surface area contributed by atoms with Gasteiger partial charge in [-0.15, -0.1) is 0 Å². The maximum Gasteiger partial charge on any atom is 0.0822 e. The van der Waals surface area contributed by atoms with Gasteiger partial charge >= 0.3 is 0 Å². The van der Waals surface area contributed by atoms with E-state index in [9.17, 15) is 0 Å². The minimum absolute atomic E-state index is 0.369. The lowest BCUT2D eigenvalue weighted by Gasteiger charge is -2.35. The number of hydrogen-bond donors (Lipinski definition) is 2. The number of piperazine rings is 1. The fraction of sp³-hybridized carbons (Fsp3) is 0.600. The van der Waals surface area contributed by atoms with Gasteiger partial charge in [0.2, 0.25) is 0 Å². The topological polar surface area (TPSA) is 67.1 Å². The van der Waals surface area contributed by atoms with E-state index in [1.54, 1.807) is 12.4 Å². The van der Waals surface area contributed by atoms with Crippen LogP contribution < -0.4 is 16.0 Å². The Hall–Kier alpha value is -1.36. The summed E-state index contributed by atoms with van der Waals surface area (Å²) in [5.74, 6) is 0. The lowest BCUT2D eigenvalue weighted by atomic mass is 10.1. The second-order valence-corrected chi connectivity index (χ2v) is 4.46. The SMILES string of the molecule is Nc1cnncc1N1CCNC2(CC2)C1. The Kier molecular flexibility index (Phi) is 1.82. The van der Waals surface area contributed by atoms with E-state index in [4.69, 9.17) is 5.73 Å². The van der Waals surface area contributed by atoms with Crippen LogP contribution in [0.3, 0.4) is 0 Å². The van der Waals surface area contributed by atoms with E-state index < -0.39 is 0 Å². The van der Waals surface area contributed by atoms with Gasteiger partial charge in [-0.3, -0.25) is 0 Å². The maximum atomic E-state index is 5.90. The van der Waals surface area contributed by atoms with Crippen molar-refractivity contribution in [2.75, 3.05) is 30.3 Å². The summed E-state index contributed by atoms with van der Waals surface area (Å²) in [4.78, 5) is 2.31. The van der Waals surface area contributed by atoms with Crippen molar-refractivity contribution in [1.82, 2.24) is 15.5 Å². The van der Waals surface area contributed by atoms with E-state index in [1.165, 1.54) is 12.8 Å². The molecule has 1 spiro atoms. The van der Waals surface area contributed by atoms with E-state index in [1.807, 2.05) is 0 Å². The minimum atomic E-state index is 0.369. The van der Waals surface area contributed by atoms with E-state index in [-0.39, 0.29) is 0 Å². The number of hydrogen-bond acceptors (Lipinski definition) is 5. The van der Waals surface area contributed by atoms with Crippen molar-refractivity contribution in [2.24, 2.45) is 0 Å². The number of nitrogens with two attached hydrogens (primary N) is 1. The number of nitrogens with zero attached hydrogens (tertiary/aromatic N) is 3. The molecular formula is C10H15N5. The van der Waals surface area contributed by atoms with Gasteiger partial charge in [0, 0.05) is 25.2 Å². The van der Waals surface area contributed by atoms with Gasteiger partial charge < -0.3 is 16.0 Å². The molecule has 0 unspecified atom stereocenters. The maximum absolute atomic E-state index is 5.90. The lowest BCUT2D eigenvalue weighted by Crippen LogP contribution is -2.52. The van der Waals surface area contributed by atoms with Crippen LogP contribution in [0.4, 0.5) is 11.4 Å². The Bertz CT molecular complexity index is 374. The van der Waals surface area contributed by atoms with Crippen molar-refractivity contribution in [2.45, 2.75) is 18.4 Å². The summed E-state index contributed by atoms with van der Waals surface area (Å²) >= 11 is 0. The van der Waals surface area contributed by atoms with E-state index in [0.717, 1.165) is 31.0 Å². The van der Waals surface area contributed by atoms with Gasteiger partial charge in [-0.2, -0.15) is 10.2 Å². The Labute approximate surface area is 88.7 Å². The fourth-order valence-corrected chi connectivity index (χ4v) is 2.24. The van der Waals surface area contributed by atoms with Crippen LogP contribution in [0.1, 0.15) is 12.8 Å². The molecule has 2 heterocycles. The van der Waals surface area contributed by atoms with Gasteiger partial charge in [-0.25, -0.2) is 0 Å². The molecule has 3 rings (SSSR count). The third-order valence-electron chi connectivity index (χ3n) is 3.31. The third kappa shape index (κ3) is 1.52. The number of anilines is 2. The Balaban J connectivity index is 1.84. The Morgan fingerprint density at radius 2 is 2.13 bits per heavy atom. The zero-order valence-corrected chi connectivity index (χ0v) is 8.61. The van der Waals surface area contributed by atoms with E-state index in [2.05, 4.69) is 20.4 Å². The highest BCUT2D eigenvalue weighted by Gasteiger charge is 2.45. The first-order valence-electron chi connectivity index (χ1n) is 5.35. The van der Waals surface area contributed by atoms with E-state index >= 15 is 0 Å². The van der Waals surface area contributed by atoms with Gasteiger partial charge in [0.25, 0.3) is 0 Å². The molecule has 0 atom stereocenters. The van der Waals surface area contributed by atoms with Crippen molar-refractivity contribution in [3.63, 3.8) is 0 Å². The molecule has 1 saturated heterocycles. The van der Waals surface area contributed by atoms with Crippen LogP contribution in [0.2, 0.25) is 0 Å². The molecule has 1 aromatic heterocycles. The quantitative estimate of drug-likeness (QED) is 0.675. The zero-order valence-electron chi connectivity index (χ0n) is 8.61. The number of aromatic nitrogens is 2. The van der Waals surface area contributed by atoms with Crippen LogP contribution in [0, 0.1) is 0 Å². The number of nitrogen functional groups attached to an aromatic ring is 1. The van der Waals surface area contributed by atoms with Crippen LogP contribution in [-0.4, -0.2) is 35.4 Å². The molecule has 1 saturated carbocycles. The zero-order chi connectivity index (χ0) is 10.3. The molecule has 1 aliphatic heterocycles. The molecule has 1 aliphatic carbocycles. The molecule has 3 N–H and O–H groups in total. The van der Waals surface area contributed by atoms with E-state index in [0.29, 0.717) is 5.54 Å². The first kappa shape index (κ1) is 8.91. The minimum Gasteiger partial charge on any atom is -0.396 e. The van der Waals surface area contributed by atoms with Crippen molar-refractivity contribution in [1.29, 1.82) is 0 Å². The van der Waals surface area contributed by atoms with Crippen molar-refractivity contribution < 1.29 is 0 Å². The molecule has 0 radical (unpaired) electrons. The summed E-state index contributed by atoms with van der Waals surface area (Å²) in [6.45, 7) is 3.07. The molecule has 0 bridgehead atoms. The molecular weight excluding hydrogens is 190 g/mol. The summed E-state index contributed by atoms with van der Waals surface area (Å²) in [7, 11) is 0. The van der Waals surface area contributed by atoms with Crippen LogP contribution in [-0.2, 0) is 0 Å². The molecule has 1 aromatic rings. The molecule has 2 fully saturated rings. The van der Waals surface area contributed by atoms with Crippen molar-refractivity contribution >= 4 is 11.4 Å². The lowest BCUT2D eigenvalue weighted by molar-refractivity contribution is 0.442. The van der Waals surface area contributed by atoms with Gasteiger partial charge in [0.15, 0.2) is 0 Å². The van der Waals surface area contributed by atoms with Crippen LogP contribution in [0.25, 0.3) is 0 Å². The smallest absolute Gasteiger partial charge is 0.0822 e. The van der Waals surface area contributed by atoms with Crippen LogP contribution in [0.5, 0.6) is 0 Å². The first-order chi connectivity index (χ1) is 7.29. The highest BCUT2D eigenvalue weighted by Crippen LogP contribution is 2.39. The largest absolute Gasteiger partial charge is 0.396 e. The monoisotopic (exact) mass is 205 g/mol. The van der Waals surface area contributed by atoms with Crippen molar-refractivity contribution in [3.05, 3.63) is 12.4 Å².